The summed E-state index contributed by atoms with van der Waals surface area (Å²) in [5.41, 5.74) is 9.64. The lowest BCUT2D eigenvalue weighted by atomic mass is 10.0. The molecule has 0 saturated heterocycles. The van der Waals surface area contributed by atoms with Crippen LogP contribution < -0.4 is 0 Å². The molecule has 10 aromatic carbocycles. The Morgan fingerprint density at radius 1 is 0.290 bits per heavy atom. The van der Waals surface area contributed by atoms with Crippen molar-refractivity contribution in [2.75, 3.05) is 0 Å². The fraction of sp³-hybridized carbons (Fsp3) is 0. The Labute approximate surface area is 356 Å². The third-order valence-electron chi connectivity index (χ3n) is 12.5. The average molecular weight is 790 g/mol. The SMILES string of the molecule is c1ccc(-c2nc(-c3ccccc3)nc(-c3cc(-n4c5ccccc5c5cc6c7ccc8ccccc8c7n(-c7cccc8ccccc78)c6cc54)cc4ccccc34)n2)cc1. The molecule has 13 aromatic rings. The molecule has 62 heavy (non-hydrogen) atoms. The van der Waals surface area contributed by atoms with Crippen LogP contribution in [0.1, 0.15) is 0 Å². The van der Waals surface area contributed by atoms with E-state index in [9.17, 15) is 0 Å². The van der Waals surface area contributed by atoms with Crippen LogP contribution in [0.3, 0.4) is 0 Å². The Morgan fingerprint density at radius 3 is 1.58 bits per heavy atom. The second-order valence-electron chi connectivity index (χ2n) is 16.0. The van der Waals surface area contributed by atoms with Gasteiger partial charge in [-0.2, -0.15) is 0 Å². The van der Waals surface area contributed by atoms with E-state index < -0.39 is 0 Å². The molecular weight excluding hydrogens is 755 g/mol. The van der Waals surface area contributed by atoms with Crippen molar-refractivity contribution in [2.45, 2.75) is 0 Å². The van der Waals surface area contributed by atoms with Crippen LogP contribution in [0.25, 0.3) is 121 Å². The molecule has 0 bridgehead atoms. The number of hydrogen-bond acceptors (Lipinski definition) is 3. The van der Waals surface area contributed by atoms with Crippen LogP contribution in [-0.2, 0) is 0 Å². The molecule has 3 aromatic heterocycles. The second-order valence-corrected chi connectivity index (χ2v) is 16.0. The van der Waals surface area contributed by atoms with Crippen LogP contribution in [0.2, 0.25) is 0 Å². The molecule has 0 saturated carbocycles. The molecule has 0 aliphatic heterocycles. The standard InChI is InChI=1S/C57H35N5/c1-3-18-38(19-4-1)55-58-56(39-20-5-2-6-21-39)60-57(59-55)49-33-41(32-40-22-9-10-24-42(40)49)61-51-28-14-13-27-45(51)47-34-48-46-31-30-37-17-8-12-26-44(37)54(46)62(53(48)35-52(47)61)50-29-15-23-36-16-7-11-25-43(36)50/h1-35H. The minimum absolute atomic E-state index is 0.627. The summed E-state index contributed by atoms with van der Waals surface area (Å²) in [4.78, 5) is 15.5. The molecule has 0 unspecified atom stereocenters. The summed E-state index contributed by atoms with van der Waals surface area (Å²) >= 11 is 0. The number of fused-ring (bicyclic) bond motifs is 10. The number of benzene rings is 10. The predicted molar refractivity (Wildman–Crippen MR) is 257 cm³/mol. The summed E-state index contributed by atoms with van der Waals surface area (Å²) in [6, 6.07) is 75.8. The van der Waals surface area contributed by atoms with Crippen LogP contribution >= 0.6 is 0 Å². The molecule has 0 fully saturated rings. The number of aromatic nitrogens is 5. The number of hydrogen-bond donors (Lipinski definition) is 0. The van der Waals surface area contributed by atoms with Gasteiger partial charge in [-0.15, -0.1) is 0 Å². The molecule has 0 radical (unpaired) electrons. The Hall–Kier alpha value is -8.41. The lowest BCUT2D eigenvalue weighted by molar-refractivity contribution is 1.07. The minimum atomic E-state index is 0.627. The van der Waals surface area contributed by atoms with E-state index in [1.807, 2.05) is 36.4 Å². The zero-order chi connectivity index (χ0) is 40.7. The lowest BCUT2D eigenvalue weighted by Gasteiger charge is -2.15. The highest BCUT2D eigenvalue weighted by Crippen LogP contribution is 2.43. The van der Waals surface area contributed by atoms with Gasteiger partial charge in [0.2, 0.25) is 0 Å². The first-order valence-electron chi connectivity index (χ1n) is 21.0. The van der Waals surface area contributed by atoms with Gasteiger partial charge in [-0.3, -0.25) is 0 Å². The average Bonchev–Trinajstić information content (AvgIpc) is 3.85. The number of para-hydroxylation sites is 1. The molecule has 5 nitrogen and oxygen atoms in total. The first-order chi connectivity index (χ1) is 30.7. The van der Waals surface area contributed by atoms with E-state index in [4.69, 9.17) is 15.0 Å². The monoisotopic (exact) mass is 789 g/mol. The zero-order valence-corrected chi connectivity index (χ0v) is 33.4. The Kier molecular flexibility index (Phi) is 7.54. The highest BCUT2D eigenvalue weighted by Gasteiger charge is 2.22. The van der Waals surface area contributed by atoms with Crippen molar-refractivity contribution in [1.29, 1.82) is 0 Å². The molecule has 3 heterocycles. The molecule has 5 heteroatoms. The van der Waals surface area contributed by atoms with Crippen molar-refractivity contribution >= 4 is 75.9 Å². The maximum atomic E-state index is 5.22. The van der Waals surface area contributed by atoms with Crippen molar-refractivity contribution in [2.24, 2.45) is 0 Å². The van der Waals surface area contributed by atoms with E-state index in [2.05, 4.69) is 185 Å². The number of nitrogens with zero attached hydrogens (tertiary/aromatic N) is 5. The highest BCUT2D eigenvalue weighted by molar-refractivity contribution is 6.24. The quantitative estimate of drug-likeness (QED) is 0.174. The highest BCUT2D eigenvalue weighted by atomic mass is 15.0. The maximum absolute atomic E-state index is 5.22. The third kappa shape index (κ3) is 5.25. The Balaban J connectivity index is 1.14. The summed E-state index contributed by atoms with van der Waals surface area (Å²) < 4.78 is 4.93. The molecule has 0 aliphatic carbocycles. The van der Waals surface area contributed by atoms with Crippen molar-refractivity contribution in [3.05, 3.63) is 212 Å². The molecule has 0 aliphatic rings. The van der Waals surface area contributed by atoms with E-state index >= 15 is 0 Å². The fourth-order valence-electron chi connectivity index (χ4n) is 9.71. The summed E-state index contributed by atoms with van der Waals surface area (Å²) in [5, 5.41) is 11.9. The van der Waals surface area contributed by atoms with Gasteiger partial charge in [0.25, 0.3) is 0 Å². The van der Waals surface area contributed by atoms with Crippen LogP contribution in [-0.4, -0.2) is 24.1 Å². The van der Waals surface area contributed by atoms with Gasteiger partial charge in [0.05, 0.1) is 27.8 Å². The molecular formula is C57H35N5. The van der Waals surface area contributed by atoms with Gasteiger partial charge >= 0.3 is 0 Å². The van der Waals surface area contributed by atoms with Crippen molar-refractivity contribution < 1.29 is 0 Å². The first kappa shape index (κ1) is 34.5. The van der Waals surface area contributed by atoms with Gasteiger partial charge in [0, 0.05) is 54.7 Å². The Morgan fingerprint density at radius 2 is 0.839 bits per heavy atom. The van der Waals surface area contributed by atoms with E-state index in [0.29, 0.717) is 17.5 Å². The molecule has 0 atom stereocenters. The Bertz CT molecular complexity index is 3860. The third-order valence-corrected chi connectivity index (χ3v) is 12.5. The van der Waals surface area contributed by atoms with Crippen molar-refractivity contribution in [1.82, 2.24) is 24.1 Å². The lowest BCUT2D eigenvalue weighted by Crippen LogP contribution is -2.02. The van der Waals surface area contributed by atoms with Gasteiger partial charge in [-0.05, 0) is 57.9 Å². The van der Waals surface area contributed by atoms with Gasteiger partial charge in [0.1, 0.15) is 0 Å². The largest absolute Gasteiger partial charge is 0.309 e. The van der Waals surface area contributed by atoms with E-state index in [0.717, 1.165) is 55.4 Å². The summed E-state index contributed by atoms with van der Waals surface area (Å²) in [6.45, 7) is 0. The summed E-state index contributed by atoms with van der Waals surface area (Å²) in [5.74, 6) is 1.90. The smallest absolute Gasteiger partial charge is 0.164 e. The van der Waals surface area contributed by atoms with Crippen LogP contribution in [0, 0.1) is 0 Å². The second kappa shape index (κ2) is 13.6. The van der Waals surface area contributed by atoms with Gasteiger partial charge in [0.15, 0.2) is 17.5 Å². The molecule has 288 valence electrons. The predicted octanol–water partition coefficient (Wildman–Crippen LogP) is 14.5. The van der Waals surface area contributed by atoms with Gasteiger partial charge in [-0.1, -0.05) is 176 Å². The van der Waals surface area contributed by atoms with E-state index in [1.165, 1.54) is 48.6 Å². The summed E-state index contributed by atoms with van der Waals surface area (Å²) in [6.07, 6.45) is 0. The maximum Gasteiger partial charge on any atom is 0.164 e. The van der Waals surface area contributed by atoms with Gasteiger partial charge < -0.3 is 9.13 Å². The normalized spacial score (nSPS) is 11.9. The molecule has 0 N–H and O–H groups in total. The molecule has 0 spiro atoms. The topological polar surface area (TPSA) is 48.5 Å². The molecule has 0 amide bonds. The van der Waals surface area contributed by atoms with E-state index in [-0.39, 0.29) is 0 Å². The van der Waals surface area contributed by atoms with Crippen molar-refractivity contribution in [3.8, 4) is 45.5 Å². The van der Waals surface area contributed by atoms with Gasteiger partial charge in [-0.25, -0.2) is 15.0 Å². The number of rotatable bonds is 5. The minimum Gasteiger partial charge on any atom is -0.309 e. The first-order valence-corrected chi connectivity index (χ1v) is 21.0. The van der Waals surface area contributed by atoms with Crippen LogP contribution in [0.5, 0.6) is 0 Å². The molecule has 13 rings (SSSR count). The summed E-state index contributed by atoms with van der Waals surface area (Å²) in [7, 11) is 0. The fourth-order valence-corrected chi connectivity index (χ4v) is 9.71. The zero-order valence-electron chi connectivity index (χ0n) is 33.4. The van der Waals surface area contributed by atoms with E-state index in [1.54, 1.807) is 0 Å². The van der Waals surface area contributed by atoms with Crippen molar-refractivity contribution in [3.63, 3.8) is 0 Å². The van der Waals surface area contributed by atoms with Crippen LogP contribution in [0.4, 0.5) is 0 Å². The van der Waals surface area contributed by atoms with Crippen LogP contribution in [0.15, 0.2) is 212 Å².